The molecule has 8 nitrogen and oxygen atoms in total. The van der Waals surface area contributed by atoms with Crippen molar-refractivity contribution in [1.29, 1.82) is 0 Å². The van der Waals surface area contributed by atoms with Crippen LogP contribution in [0.2, 0.25) is 0 Å². The van der Waals surface area contributed by atoms with Gasteiger partial charge in [-0.05, 0) is 26.0 Å². The van der Waals surface area contributed by atoms with Gasteiger partial charge in [0.2, 0.25) is 5.95 Å². The summed E-state index contributed by atoms with van der Waals surface area (Å²) in [6.45, 7) is 4.20. The summed E-state index contributed by atoms with van der Waals surface area (Å²) in [6.07, 6.45) is 5.43. The standard InChI is InChI=1S/C18H20N8/c1-12(2)26-11-19-15-16(21-14-9-20-25(3)10-14)23-18(24-17(15)26)22-13-7-5-4-6-8-13/h4-12H,1-3H3,(H2,21,22,23,24). The van der Waals surface area contributed by atoms with Gasteiger partial charge < -0.3 is 15.2 Å². The second-order valence-electron chi connectivity index (χ2n) is 6.33. The summed E-state index contributed by atoms with van der Waals surface area (Å²) >= 11 is 0. The minimum absolute atomic E-state index is 0.241. The maximum atomic E-state index is 4.68. The lowest BCUT2D eigenvalue weighted by atomic mass is 10.3. The van der Waals surface area contributed by atoms with E-state index in [-0.39, 0.29) is 6.04 Å². The maximum absolute atomic E-state index is 4.68. The third-order valence-corrected chi connectivity index (χ3v) is 3.98. The van der Waals surface area contributed by atoms with Gasteiger partial charge in [-0.3, -0.25) is 4.68 Å². The Balaban J connectivity index is 1.80. The average Bonchev–Trinajstić information content (AvgIpc) is 3.22. The molecule has 0 bridgehead atoms. The Morgan fingerprint density at radius 3 is 2.50 bits per heavy atom. The highest BCUT2D eigenvalue weighted by Gasteiger charge is 2.15. The van der Waals surface area contributed by atoms with Crippen molar-refractivity contribution in [3.63, 3.8) is 0 Å². The van der Waals surface area contributed by atoms with E-state index < -0.39 is 0 Å². The summed E-state index contributed by atoms with van der Waals surface area (Å²) in [5, 5.41) is 10.7. The Hall–Kier alpha value is -3.42. The predicted octanol–water partition coefficient (Wildman–Crippen LogP) is 3.63. The van der Waals surface area contributed by atoms with Crippen LogP contribution in [0.4, 0.5) is 23.1 Å². The van der Waals surface area contributed by atoms with Crippen LogP contribution in [0.1, 0.15) is 19.9 Å². The van der Waals surface area contributed by atoms with Gasteiger partial charge in [0.1, 0.15) is 0 Å². The zero-order chi connectivity index (χ0) is 18.1. The van der Waals surface area contributed by atoms with Crippen LogP contribution in [0.5, 0.6) is 0 Å². The molecule has 0 aliphatic carbocycles. The molecule has 0 spiro atoms. The fourth-order valence-electron chi connectivity index (χ4n) is 2.71. The molecule has 4 aromatic rings. The molecule has 0 saturated heterocycles. The number of fused-ring (bicyclic) bond motifs is 1. The van der Waals surface area contributed by atoms with E-state index >= 15 is 0 Å². The van der Waals surface area contributed by atoms with Crippen molar-refractivity contribution in [2.75, 3.05) is 10.6 Å². The number of hydrogen-bond donors (Lipinski definition) is 2. The third-order valence-electron chi connectivity index (χ3n) is 3.98. The molecular weight excluding hydrogens is 328 g/mol. The van der Waals surface area contributed by atoms with Crippen molar-refractivity contribution < 1.29 is 0 Å². The minimum Gasteiger partial charge on any atom is -0.336 e. The molecule has 4 rings (SSSR count). The lowest BCUT2D eigenvalue weighted by molar-refractivity contribution is 0.613. The zero-order valence-corrected chi connectivity index (χ0v) is 14.9. The number of hydrogen-bond acceptors (Lipinski definition) is 6. The van der Waals surface area contributed by atoms with E-state index in [9.17, 15) is 0 Å². The fraction of sp³-hybridized carbons (Fsp3) is 0.222. The van der Waals surface area contributed by atoms with Gasteiger partial charge in [-0.25, -0.2) is 4.98 Å². The number of imidazole rings is 1. The predicted molar refractivity (Wildman–Crippen MR) is 102 cm³/mol. The van der Waals surface area contributed by atoms with Gasteiger partial charge in [0.05, 0.1) is 18.2 Å². The van der Waals surface area contributed by atoms with Gasteiger partial charge in [-0.15, -0.1) is 0 Å². The number of para-hydroxylation sites is 1. The van der Waals surface area contributed by atoms with Gasteiger partial charge in [0.25, 0.3) is 0 Å². The van der Waals surface area contributed by atoms with Crippen LogP contribution in [-0.4, -0.2) is 29.3 Å². The number of nitrogens with one attached hydrogen (secondary N) is 2. The fourth-order valence-corrected chi connectivity index (χ4v) is 2.71. The Kier molecular flexibility index (Phi) is 4.00. The molecule has 0 radical (unpaired) electrons. The highest BCUT2D eigenvalue weighted by Crippen LogP contribution is 2.26. The SMILES string of the molecule is CC(C)n1cnc2c(Nc3cnn(C)c3)nc(Nc3ccccc3)nc21. The number of nitrogens with zero attached hydrogens (tertiary/aromatic N) is 6. The highest BCUT2D eigenvalue weighted by molar-refractivity contribution is 5.86. The first-order valence-electron chi connectivity index (χ1n) is 8.42. The third kappa shape index (κ3) is 3.08. The van der Waals surface area contributed by atoms with E-state index in [0.29, 0.717) is 11.8 Å². The van der Waals surface area contributed by atoms with E-state index in [2.05, 4.69) is 44.5 Å². The van der Waals surface area contributed by atoms with E-state index in [1.165, 1.54) is 0 Å². The number of aryl methyl sites for hydroxylation is 1. The monoisotopic (exact) mass is 348 g/mol. The van der Waals surface area contributed by atoms with E-state index in [1.54, 1.807) is 17.2 Å². The normalized spacial score (nSPS) is 11.2. The molecule has 0 aliphatic rings. The molecule has 2 N–H and O–H groups in total. The molecule has 26 heavy (non-hydrogen) atoms. The smallest absolute Gasteiger partial charge is 0.231 e. The quantitative estimate of drug-likeness (QED) is 0.573. The molecule has 3 heterocycles. The van der Waals surface area contributed by atoms with Crippen molar-refractivity contribution in [1.82, 2.24) is 29.3 Å². The molecule has 0 fully saturated rings. The van der Waals surface area contributed by atoms with Crippen molar-refractivity contribution in [3.05, 3.63) is 49.1 Å². The van der Waals surface area contributed by atoms with Gasteiger partial charge in [-0.2, -0.15) is 15.1 Å². The van der Waals surface area contributed by atoms with Gasteiger partial charge >= 0.3 is 0 Å². The van der Waals surface area contributed by atoms with Crippen molar-refractivity contribution >= 4 is 34.3 Å². The summed E-state index contributed by atoms with van der Waals surface area (Å²) in [4.78, 5) is 13.8. The molecule has 0 unspecified atom stereocenters. The van der Waals surface area contributed by atoms with Crippen LogP contribution in [0.3, 0.4) is 0 Å². The van der Waals surface area contributed by atoms with E-state index in [4.69, 9.17) is 0 Å². The average molecular weight is 348 g/mol. The number of rotatable bonds is 5. The van der Waals surface area contributed by atoms with Crippen molar-refractivity contribution in [2.45, 2.75) is 19.9 Å². The largest absolute Gasteiger partial charge is 0.336 e. The van der Waals surface area contributed by atoms with E-state index in [0.717, 1.165) is 22.5 Å². The second kappa shape index (κ2) is 6.47. The first-order valence-corrected chi connectivity index (χ1v) is 8.42. The Morgan fingerprint density at radius 2 is 1.81 bits per heavy atom. The summed E-state index contributed by atoms with van der Waals surface area (Å²) < 4.78 is 3.76. The number of anilines is 4. The van der Waals surface area contributed by atoms with Gasteiger partial charge in [-0.1, -0.05) is 18.2 Å². The molecule has 0 aliphatic heterocycles. The molecule has 0 amide bonds. The lowest BCUT2D eigenvalue weighted by Crippen LogP contribution is -2.05. The molecule has 1 aromatic carbocycles. The molecule has 132 valence electrons. The summed E-state index contributed by atoms with van der Waals surface area (Å²) in [7, 11) is 1.87. The summed E-state index contributed by atoms with van der Waals surface area (Å²) in [5.41, 5.74) is 3.27. The van der Waals surface area contributed by atoms with E-state index in [1.807, 2.05) is 48.1 Å². The van der Waals surface area contributed by atoms with Crippen LogP contribution in [0, 0.1) is 0 Å². The van der Waals surface area contributed by atoms with Crippen molar-refractivity contribution in [2.24, 2.45) is 7.05 Å². The van der Waals surface area contributed by atoms with Crippen LogP contribution >= 0.6 is 0 Å². The van der Waals surface area contributed by atoms with Crippen LogP contribution in [0.25, 0.3) is 11.2 Å². The molecule has 3 aromatic heterocycles. The first-order chi connectivity index (χ1) is 12.6. The molecule has 0 atom stereocenters. The lowest BCUT2D eigenvalue weighted by Gasteiger charge is -2.11. The van der Waals surface area contributed by atoms with Crippen LogP contribution in [0.15, 0.2) is 49.1 Å². The summed E-state index contributed by atoms with van der Waals surface area (Å²) in [6, 6.07) is 10.1. The minimum atomic E-state index is 0.241. The van der Waals surface area contributed by atoms with Gasteiger partial charge in [0.15, 0.2) is 17.0 Å². The molecule has 8 heteroatoms. The Labute approximate surface area is 150 Å². The van der Waals surface area contributed by atoms with Crippen molar-refractivity contribution in [3.8, 4) is 0 Å². The van der Waals surface area contributed by atoms with Gasteiger partial charge in [0, 0.05) is 25.0 Å². The molecule has 0 saturated carbocycles. The zero-order valence-electron chi connectivity index (χ0n) is 14.9. The van der Waals surface area contributed by atoms with Crippen LogP contribution in [-0.2, 0) is 7.05 Å². The Bertz CT molecular complexity index is 1030. The summed E-state index contributed by atoms with van der Waals surface area (Å²) in [5.74, 6) is 1.15. The van der Waals surface area contributed by atoms with Crippen LogP contribution < -0.4 is 10.6 Å². The topological polar surface area (TPSA) is 85.5 Å². The second-order valence-corrected chi connectivity index (χ2v) is 6.33. The highest BCUT2D eigenvalue weighted by atomic mass is 15.3. The maximum Gasteiger partial charge on any atom is 0.231 e. The molecular formula is C18H20N8. The Morgan fingerprint density at radius 1 is 1.00 bits per heavy atom. The number of aromatic nitrogens is 6. The first kappa shape index (κ1) is 16.1. The number of benzene rings is 1.